The van der Waals surface area contributed by atoms with Gasteiger partial charge < -0.3 is 26.2 Å². The van der Waals surface area contributed by atoms with Gasteiger partial charge in [0.05, 0.1) is 22.8 Å². The van der Waals surface area contributed by atoms with Gasteiger partial charge in [0.1, 0.15) is 11.5 Å². The van der Waals surface area contributed by atoms with Gasteiger partial charge in [0.2, 0.25) is 5.91 Å². The van der Waals surface area contributed by atoms with E-state index in [1.165, 1.54) is 6.07 Å². The first-order valence-corrected chi connectivity index (χ1v) is 9.15. The Bertz CT molecular complexity index is 1090. The van der Waals surface area contributed by atoms with Crippen LogP contribution in [0, 0.1) is 0 Å². The van der Waals surface area contributed by atoms with Crippen LogP contribution in [-0.2, 0) is 6.61 Å². The van der Waals surface area contributed by atoms with E-state index in [9.17, 15) is 14.7 Å². The predicted octanol–water partition coefficient (Wildman–Crippen LogP) is 3.41. The average molecular weight is 415 g/mol. The second-order valence-corrected chi connectivity index (χ2v) is 6.49. The van der Waals surface area contributed by atoms with Gasteiger partial charge in [0.25, 0.3) is 0 Å². The van der Waals surface area contributed by atoms with Gasteiger partial charge in [-0.2, -0.15) is 0 Å². The Balaban J connectivity index is 1.94. The molecule has 0 saturated carbocycles. The first-order valence-electron chi connectivity index (χ1n) is 8.77. The van der Waals surface area contributed by atoms with Crippen molar-refractivity contribution in [2.75, 3.05) is 11.9 Å². The molecule has 3 rings (SSSR count). The van der Waals surface area contributed by atoms with Crippen molar-refractivity contribution < 1.29 is 19.4 Å². The maximum absolute atomic E-state index is 11.7. The second kappa shape index (κ2) is 8.76. The second-order valence-electron chi connectivity index (χ2n) is 6.09. The molecule has 1 heterocycles. The van der Waals surface area contributed by atoms with Crippen LogP contribution < -0.4 is 21.1 Å². The van der Waals surface area contributed by atoms with E-state index in [0.717, 1.165) is 0 Å². The zero-order valence-electron chi connectivity index (χ0n) is 15.5. The third-order valence-corrected chi connectivity index (χ3v) is 4.43. The molecule has 0 spiro atoms. The number of fused-ring (bicyclic) bond motifs is 1. The van der Waals surface area contributed by atoms with E-state index in [2.05, 4.69) is 15.6 Å². The molecule has 8 nitrogen and oxygen atoms in total. The number of carbonyl (C=O) groups is 2. The monoisotopic (exact) mass is 414 g/mol. The fraction of sp³-hybridized carbons (Fsp3) is 0.150. The summed E-state index contributed by atoms with van der Waals surface area (Å²) in [5.74, 6) is 0.202. The van der Waals surface area contributed by atoms with Crippen molar-refractivity contribution in [2.45, 2.75) is 13.5 Å². The molecular formula is C20H19ClN4O4. The van der Waals surface area contributed by atoms with Gasteiger partial charge in [-0.3, -0.25) is 9.78 Å². The van der Waals surface area contributed by atoms with E-state index in [1.54, 1.807) is 36.5 Å². The normalized spacial score (nSPS) is 10.6. The molecule has 0 bridgehead atoms. The van der Waals surface area contributed by atoms with Gasteiger partial charge in [-0.05, 0) is 42.8 Å². The summed E-state index contributed by atoms with van der Waals surface area (Å²) in [5.41, 5.74) is 6.97. The molecular weight excluding hydrogens is 396 g/mol. The number of carbonyl (C=O) groups excluding carboxylic acids is 2. The molecule has 0 saturated heterocycles. The summed E-state index contributed by atoms with van der Waals surface area (Å²) in [4.78, 5) is 27.6. The first-order chi connectivity index (χ1) is 13.9. The molecule has 2 aromatic carbocycles. The Morgan fingerprint density at radius 3 is 2.69 bits per heavy atom. The topological polar surface area (TPSA) is 127 Å². The lowest BCUT2D eigenvalue weighted by Gasteiger charge is -2.13. The number of pyridine rings is 1. The zero-order valence-corrected chi connectivity index (χ0v) is 16.3. The Morgan fingerprint density at radius 1 is 1.24 bits per heavy atom. The van der Waals surface area contributed by atoms with Crippen LogP contribution in [0.15, 0.2) is 42.6 Å². The van der Waals surface area contributed by atoms with E-state index in [0.29, 0.717) is 45.2 Å². The fourth-order valence-electron chi connectivity index (χ4n) is 2.77. The number of hydrogen-bond donors (Lipinski definition) is 4. The minimum atomic E-state index is -0.658. The van der Waals surface area contributed by atoms with Crippen LogP contribution in [-0.4, -0.2) is 28.6 Å². The van der Waals surface area contributed by atoms with E-state index in [1.807, 2.05) is 6.92 Å². The quantitative estimate of drug-likeness (QED) is 0.491. The molecule has 0 aliphatic carbocycles. The lowest BCUT2D eigenvalue weighted by molar-refractivity contribution is 0.0997. The highest BCUT2D eigenvalue weighted by atomic mass is 35.5. The lowest BCUT2D eigenvalue weighted by Crippen LogP contribution is -2.28. The predicted molar refractivity (Wildman–Crippen MR) is 110 cm³/mol. The van der Waals surface area contributed by atoms with E-state index in [4.69, 9.17) is 22.1 Å². The van der Waals surface area contributed by atoms with Crippen molar-refractivity contribution in [3.8, 4) is 11.5 Å². The number of anilines is 1. The van der Waals surface area contributed by atoms with E-state index in [-0.39, 0.29) is 18.2 Å². The van der Waals surface area contributed by atoms with Gasteiger partial charge in [-0.25, -0.2) is 4.79 Å². The summed E-state index contributed by atoms with van der Waals surface area (Å²) in [6.45, 7) is 1.96. The molecule has 5 N–H and O–H groups in total. The number of nitrogens with zero attached hydrogens (tertiary/aromatic N) is 1. The zero-order chi connectivity index (χ0) is 21.0. The minimum absolute atomic E-state index is 0.192. The third kappa shape index (κ3) is 4.56. The molecule has 0 unspecified atom stereocenters. The highest BCUT2D eigenvalue weighted by Crippen LogP contribution is 2.33. The molecule has 3 amide bonds. The molecule has 9 heteroatoms. The Labute approximate surface area is 171 Å². The number of aliphatic hydroxyl groups excluding tert-OH is 1. The number of benzene rings is 2. The van der Waals surface area contributed by atoms with Gasteiger partial charge in [-0.15, -0.1) is 0 Å². The molecule has 0 aliphatic heterocycles. The maximum Gasteiger partial charge on any atom is 0.319 e. The van der Waals surface area contributed by atoms with Crippen LogP contribution >= 0.6 is 11.6 Å². The molecule has 0 fully saturated rings. The van der Waals surface area contributed by atoms with Gasteiger partial charge in [0.15, 0.2) is 0 Å². The summed E-state index contributed by atoms with van der Waals surface area (Å²) in [7, 11) is 0. The van der Waals surface area contributed by atoms with Crippen molar-refractivity contribution in [3.05, 3.63) is 58.7 Å². The molecule has 1 aromatic heterocycles. The van der Waals surface area contributed by atoms with Crippen LogP contribution in [0.1, 0.15) is 22.8 Å². The smallest absolute Gasteiger partial charge is 0.319 e. The minimum Gasteiger partial charge on any atom is -0.457 e. The number of hydrogen-bond acceptors (Lipinski definition) is 5. The van der Waals surface area contributed by atoms with Crippen LogP contribution in [0.2, 0.25) is 5.02 Å². The van der Waals surface area contributed by atoms with Crippen molar-refractivity contribution in [1.82, 2.24) is 10.3 Å². The number of rotatable bonds is 6. The summed E-state index contributed by atoms with van der Waals surface area (Å²) in [6, 6.07) is 9.24. The molecule has 0 aliphatic rings. The molecule has 3 aromatic rings. The molecule has 29 heavy (non-hydrogen) atoms. The van der Waals surface area contributed by atoms with Crippen molar-refractivity contribution in [3.63, 3.8) is 0 Å². The van der Waals surface area contributed by atoms with Crippen LogP contribution in [0.4, 0.5) is 10.5 Å². The highest BCUT2D eigenvalue weighted by Gasteiger charge is 2.14. The Morgan fingerprint density at radius 2 is 2.03 bits per heavy atom. The number of nitrogens with two attached hydrogens (primary N) is 1. The summed E-state index contributed by atoms with van der Waals surface area (Å²) < 4.78 is 5.92. The number of urea groups is 1. The molecule has 0 atom stereocenters. The Hall–Kier alpha value is -3.36. The largest absolute Gasteiger partial charge is 0.457 e. The molecule has 0 radical (unpaired) electrons. The van der Waals surface area contributed by atoms with E-state index < -0.39 is 5.91 Å². The summed E-state index contributed by atoms with van der Waals surface area (Å²) >= 11 is 6.24. The Kier molecular flexibility index (Phi) is 6.16. The average Bonchev–Trinajstić information content (AvgIpc) is 2.69. The van der Waals surface area contributed by atoms with Crippen LogP contribution in [0.5, 0.6) is 11.5 Å². The molecule has 150 valence electrons. The standard InChI is InChI=1S/C20H19ClN4O4/c1-2-23-20(28)25-16-4-3-12(8-15(16)21)29-18-5-6-24-17-7-11(10-26)13(19(22)27)9-14(17)18/h3-9,26H,2,10H2,1H3,(H2,22,27)(H2,23,25,28). The summed E-state index contributed by atoms with van der Waals surface area (Å²) in [6.07, 6.45) is 1.55. The number of aliphatic hydroxyl groups is 1. The van der Waals surface area contributed by atoms with Crippen molar-refractivity contribution >= 4 is 40.1 Å². The summed E-state index contributed by atoms with van der Waals surface area (Å²) in [5, 5.41) is 15.6. The number of primary amides is 1. The van der Waals surface area contributed by atoms with Gasteiger partial charge >= 0.3 is 6.03 Å². The number of aromatic nitrogens is 1. The highest BCUT2D eigenvalue weighted by molar-refractivity contribution is 6.33. The maximum atomic E-state index is 11.7. The van der Waals surface area contributed by atoms with Crippen LogP contribution in [0.3, 0.4) is 0 Å². The SMILES string of the molecule is CCNC(=O)Nc1ccc(Oc2ccnc3cc(CO)c(C(N)=O)cc23)cc1Cl. The number of halogens is 1. The fourth-order valence-corrected chi connectivity index (χ4v) is 2.99. The number of nitrogens with one attached hydrogen (secondary N) is 2. The first kappa shape index (κ1) is 20.4. The van der Waals surface area contributed by atoms with Crippen molar-refractivity contribution in [2.24, 2.45) is 5.73 Å². The number of ether oxygens (including phenoxy) is 1. The van der Waals surface area contributed by atoms with Crippen molar-refractivity contribution in [1.29, 1.82) is 0 Å². The number of amides is 3. The van der Waals surface area contributed by atoms with Gasteiger partial charge in [0, 0.05) is 29.8 Å². The van der Waals surface area contributed by atoms with Crippen LogP contribution in [0.25, 0.3) is 10.9 Å². The van der Waals surface area contributed by atoms with Gasteiger partial charge in [-0.1, -0.05) is 11.6 Å². The van der Waals surface area contributed by atoms with E-state index >= 15 is 0 Å². The lowest BCUT2D eigenvalue weighted by atomic mass is 10.0. The third-order valence-electron chi connectivity index (χ3n) is 4.12.